The lowest BCUT2D eigenvalue weighted by molar-refractivity contribution is -0.113. The zero-order valence-corrected chi connectivity index (χ0v) is 15.6. The molecule has 3 rings (SSSR count). The minimum atomic E-state index is -0.231. The summed E-state index contributed by atoms with van der Waals surface area (Å²) in [6.07, 6.45) is 2.17. The maximum Gasteiger partial charge on any atom is 0.277 e. The standard InChI is InChI=1S/C18H22N4O3S/c1-11(2)9-19-16(24)13-5-3-4-6-14(13)20-15(23)10-26-18-22-21-17(25-18)12-7-8-12/h3-6,11-12H,7-10H2,1-2H3,(H,19,24)(H,20,23). The molecule has 0 saturated heterocycles. The zero-order chi connectivity index (χ0) is 18.5. The molecule has 0 atom stereocenters. The van der Waals surface area contributed by atoms with Crippen molar-refractivity contribution < 1.29 is 14.0 Å². The molecule has 0 radical (unpaired) electrons. The minimum absolute atomic E-state index is 0.133. The van der Waals surface area contributed by atoms with Crippen LogP contribution in [-0.2, 0) is 4.79 Å². The second-order valence-electron chi connectivity index (χ2n) is 6.67. The summed E-state index contributed by atoms with van der Waals surface area (Å²) in [5.74, 6) is 1.10. The Morgan fingerprint density at radius 1 is 1.27 bits per heavy atom. The van der Waals surface area contributed by atoms with Crippen molar-refractivity contribution in [1.29, 1.82) is 0 Å². The SMILES string of the molecule is CC(C)CNC(=O)c1ccccc1NC(=O)CSc1nnc(C2CC2)o1. The third kappa shape index (κ3) is 5.08. The van der Waals surface area contributed by atoms with E-state index in [1.54, 1.807) is 24.3 Å². The molecule has 2 aromatic rings. The maximum absolute atomic E-state index is 12.3. The Balaban J connectivity index is 1.55. The first-order valence-corrected chi connectivity index (χ1v) is 9.64. The van der Waals surface area contributed by atoms with Gasteiger partial charge in [0.15, 0.2) is 0 Å². The molecular formula is C18H22N4O3S. The fraction of sp³-hybridized carbons (Fsp3) is 0.444. The fourth-order valence-electron chi connectivity index (χ4n) is 2.27. The van der Waals surface area contributed by atoms with Crippen molar-refractivity contribution in [3.05, 3.63) is 35.7 Å². The minimum Gasteiger partial charge on any atom is -0.416 e. The molecule has 1 aromatic carbocycles. The molecule has 0 unspecified atom stereocenters. The van der Waals surface area contributed by atoms with Gasteiger partial charge in [0, 0.05) is 12.5 Å². The van der Waals surface area contributed by atoms with E-state index >= 15 is 0 Å². The summed E-state index contributed by atoms with van der Waals surface area (Å²) < 4.78 is 5.52. The second-order valence-corrected chi connectivity index (χ2v) is 7.59. The van der Waals surface area contributed by atoms with E-state index in [-0.39, 0.29) is 17.6 Å². The van der Waals surface area contributed by atoms with Crippen LogP contribution in [0.5, 0.6) is 0 Å². The summed E-state index contributed by atoms with van der Waals surface area (Å²) in [4.78, 5) is 24.5. The van der Waals surface area contributed by atoms with E-state index < -0.39 is 0 Å². The van der Waals surface area contributed by atoms with Crippen LogP contribution in [0.1, 0.15) is 48.9 Å². The third-order valence-corrected chi connectivity index (χ3v) is 4.61. The first-order chi connectivity index (χ1) is 12.5. The van der Waals surface area contributed by atoms with Crippen LogP contribution in [0.15, 0.2) is 33.9 Å². The van der Waals surface area contributed by atoms with E-state index in [0.717, 1.165) is 12.8 Å². The van der Waals surface area contributed by atoms with Crippen molar-refractivity contribution >= 4 is 29.3 Å². The highest BCUT2D eigenvalue weighted by Crippen LogP contribution is 2.39. The number of nitrogens with one attached hydrogen (secondary N) is 2. The Bertz CT molecular complexity index is 786. The average Bonchev–Trinajstić information content (AvgIpc) is 3.36. The number of nitrogens with zero attached hydrogens (tertiary/aromatic N) is 2. The molecule has 0 aliphatic heterocycles. The molecule has 138 valence electrons. The van der Waals surface area contributed by atoms with Gasteiger partial charge in [0.25, 0.3) is 11.1 Å². The number of carbonyl (C=O) groups excluding carboxylic acids is 2. The van der Waals surface area contributed by atoms with Crippen LogP contribution in [0.4, 0.5) is 5.69 Å². The van der Waals surface area contributed by atoms with Crippen molar-refractivity contribution in [2.24, 2.45) is 5.92 Å². The number of amides is 2. The highest BCUT2D eigenvalue weighted by Gasteiger charge is 2.29. The lowest BCUT2D eigenvalue weighted by Crippen LogP contribution is -2.28. The van der Waals surface area contributed by atoms with E-state index in [2.05, 4.69) is 20.8 Å². The van der Waals surface area contributed by atoms with E-state index in [9.17, 15) is 9.59 Å². The van der Waals surface area contributed by atoms with Gasteiger partial charge in [-0.2, -0.15) is 0 Å². The highest BCUT2D eigenvalue weighted by molar-refractivity contribution is 7.99. The first kappa shape index (κ1) is 18.4. The molecule has 1 aliphatic rings. The van der Waals surface area contributed by atoms with Crippen LogP contribution in [0.3, 0.4) is 0 Å². The van der Waals surface area contributed by atoms with Gasteiger partial charge in [-0.15, -0.1) is 10.2 Å². The van der Waals surface area contributed by atoms with Crippen LogP contribution in [0.2, 0.25) is 0 Å². The summed E-state index contributed by atoms with van der Waals surface area (Å²) in [5, 5.41) is 14.0. The number of aromatic nitrogens is 2. The maximum atomic E-state index is 12.3. The topological polar surface area (TPSA) is 97.1 Å². The lowest BCUT2D eigenvalue weighted by atomic mass is 10.1. The van der Waals surface area contributed by atoms with Crippen molar-refractivity contribution in [1.82, 2.24) is 15.5 Å². The van der Waals surface area contributed by atoms with Crippen LogP contribution >= 0.6 is 11.8 Å². The van der Waals surface area contributed by atoms with Gasteiger partial charge >= 0.3 is 0 Å². The Morgan fingerprint density at radius 2 is 2.04 bits per heavy atom. The van der Waals surface area contributed by atoms with Crippen molar-refractivity contribution in [3.8, 4) is 0 Å². The summed E-state index contributed by atoms with van der Waals surface area (Å²) >= 11 is 1.19. The number of rotatable bonds is 8. The van der Waals surface area contributed by atoms with Crippen molar-refractivity contribution in [2.75, 3.05) is 17.6 Å². The number of hydrogen-bond acceptors (Lipinski definition) is 6. The second kappa shape index (κ2) is 8.35. The number of carbonyl (C=O) groups is 2. The van der Waals surface area contributed by atoms with E-state index in [1.807, 2.05) is 13.8 Å². The summed E-state index contributed by atoms with van der Waals surface area (Å²) in [7, 11) is 0. The highest BCUT2D eigenvalue weighted by atomic mass is 32.2. The monoisotopic (exact) mass is 374 g/mol. The predicted molar refractivity (Wildman–Crippen MR) is 99.2 cm³/mol. The van der Waals surface area contributed by atoms with E-state index in [4.69, 9.17) is 4.42 Å². The molecule has 7 nitrogen and oxygen atoms in total. The fourth-order valence-corrected chi connectivity index (χ4v) is 2.84. The number of benzene rings is 1. The number of para-hydroxylation sites is 1. The summed E-state index contributed by atoms with van der Waals surface area (Å²) in [6.45, 7) is 4.63. The molecule has 26 heavy (non-hydrogen) atoms. The van der Waals surface area contributed by atoms with Crippen molar-refractivity contribution in [3.63, 3.8) is 0 Å². The Morgan fingerprint density at radius 3 is 2.77 bits per heavy atom. The zero-order valence-electron chi connectivity index (χ0n) is 14.8. The molecule has 1 heterocycles. The quantitative estimate of drug-likeness (QED) is 0.689. The number of hydrogen-bond donors (Lipinski definition) is 2. The van der Waals surface area contributed by atoms with E-state index in [0.29, 0.717) is 40.7 Å². The summed E-state index contributed by atoms with van der Waals surface area (Å²) in [6, 6.07) is 6.96. The predicted octanol–water partition coefficient (Wildman–Crippen LogP) is 3.06. The van der Waals surface area contributed by atoms with Gasteiger partial charge in [0.05, 0.1) is 17.0 Å². The molecule has 1 saturated carbocycles. The molecule has 0 spiro atoms. The number of thioether (sulfide) groups is 1. The molecule has 1 aliphatic carbocycles. The van der Waals surface area contributed by atoms with Gasteiger partial charge in [-0.1, -0.05) is 37.7 Å². The number of anilines is 1. The Hall–Kier alpha value is -2.35. The van der Waals surface area contributed by atoms with Gasteiger partial charge in [-0.05, 0) is 30.9 Å². The lowest BCUT2D eigenvalue weighted by Gasteiger charge is -2.12. The molecule has 0 bridgehead atoms. The molecule has 1 fully saturated rings. The van der Waals surface area contributed by atoms with Crippen LogP contribution in [0, 0.1) is 5.92 Å². The molecular weight excluding hydrogens is 352 g/mol. The largest absolute Gasteiger partial charge is 0.416 e. The van der Waals surface area contributed by atoms with Gasteiger partial charge in [-0.3, -0.25) is 9.59 Å². The van der Waals surface area contributed by atoms with Gasteiger partial charge in [0.1, 0.15) is 0 Å². The van der Waals surface area contributed by atoms with Crippen LogP contribution in [0.25, 0.3) is 0 Å². The normalized spacial score (nSPS) is 13.7. The molecule has 8 heteroatoms. The summed E-state index contributed by atoms with van der Waals surface area (Å²) in [5.41, 5.74) is 0.934. The van der Waals surface area contributed by atoms with Crippen LogP contribution in [-0.4, -0.2) is 34.3 Å². The van der Waals surface area contributed by atoms with Gasteiger partial charge in [-0.25, -0.2) is 0 Å². The van der Waals surface area contributed by atoms with Gasteiger partial charge in [0.2, 0.25) is 11.8 Å². The molecule has 2 N–H and O–H groups in total. The van der Waals surface area contributed by atoms with E-state index in [1.165, 1.54) is 11.8 Å². The van der Waals surface area contributed by atoms with Crippen LogP contribution < -0.4 is 10.6 Å². The molecule has 2 amide bonds. The Labute approximate surface area is 156 Å². The third-order valence-electron chi connectivity index (χ3n) is 3.79. The molecule has 1 aromatic heterocycles. The average molecular weight is 374 g/mol. The smallest absolute Gasteiger partial charge is 0.277 e. The van der Waals surface area contributed by atoms with Gasteiger partial charge < -0.3 is 15.1 Å². The Kier molecular flexibility index (Phi) is 5.92. The first-order valence-electron chi connectivity index (χ1n) is 8.66. The van der Waals surface area contributed by atoms with Crippen molar-refractivity contribution in [2.45, 2.75) is 37.8 Å².